The SMILES string of the molecule is CCS/C(=C\C(C)=O)c1cn(C)c2ccccc12. The number of rotatable bonds is 4. The quantitative estimate of drug-likeness (QED) is 0.778. The van der Waals surface area contributed by atoms with E-state index in [-0.39, 0.29) is 5.78 Å². The van der Waals surface area contributed by atoms with E-state index in [0.29, 0.717) is 0 Å². The second-order valence-electron chi connectivity index (χ2n) is 4.22. The van der Waals surface area contributed by atoms with Crippen LogP contribution < -0.4 is 0 Å². The van der Waals surface area contributed by atoms with Crippen LogP contribution in [0.5, 0.6) is 0 Å². The molecule has 18 heavy (non-hydrogen) atoms. The molecule has 2 rings (SSSR count). The number of hydrogen-bond acceptors (Lipinski definition) is 2. The number of carbonyl (C=O) groups is 1. The van der Waals surface area contributed by atoms with E-state index in [1.807, 2.05) is 19.2 Å². The van der Waals surface area contributed by atoms with Gasteiger partial charge in [0.2, 0.25) is 0 Å². The third-order valence-electron chi connectivity index (χ3n) is 2.80. The summed E-state index contributed by atoms with van der Waals surface area (Å²) in [7, 11) is 2.04. The Kier molecular flexibility index (Phi) is 3.92. The molecule has 0 saturated carbocycles. The molecule has 0 fully saturated rings. The monoisotopic (exact) mass is 259 g/mol. The first-order valence-corrected chi connectivity index (χ1v) is 7.01. The lowest BCUT2D eigenvalue weighted by Crippen LogP contribution is -1.87. The number of aromatic nitrogens is 1. The minimum atomic E-state index is 0.0962. The van der Waals surface area contributed by atoms with Crippen molar-refractivity contribution in [2.24, 2.45) is 7.05 Å². The van der Waals surface area contributed by atoms with Crippen LogP contribution in [0.2, 0.25) is 0 Å². The molecule has 0 aliphatic rings. The van der Waals surface area contributed by atoms with Crippen molar-refractivity contribution in [3.63, 3.8) is 0 Å². The van der Waals surface area contributed by atoms with E-state index >= 15 is 0 Å². The van der Waals surface area contributed by atoms with Crippen LogP contribution in [0.15, 0.2) is 36.5 Å². The Labute approximate surface area is 112 Å². The maximum Gasteiger partial charge on any atom is 0.153 e. The number of thioether (sulfide) groups is 1. The number of fused-ring (bicyclic) bond motifs is 1. The summed E-state index contributed by atoms with van der Waals surface area (Å²) in [6.07, 6.45) is 3.83. The molecule has 2 aromatic rings. The van der Waals surface area contributed by atoms with Gasteiger partial charge in [-0.25, -0.2) is 0 Å². The van der Waals surface area contributed by atoms with E-state index in [1.165, 1.54) is 10.9 Å². The molecule has 1 aromatic carbocycles. The highest BCUT2D eigenvalue weighted by Crippen LogP contribution is 2.33. The zero-order chi connectivity index (χ0) is 13.1. The van der Waals surface area contributed by atoms with Crippen molar-refractivity contribution in [2.75, 3.05) is 5.75 Å². The molecule has 0 aliphatic heterocycles. The van der Waals surface area contributed by atoms with Gasteiger partial charge in [0.25, 0.3) is 0 Å². The Hall–Kier alpha value is -1.48. The molecule has 3 heteroatoms. The van der Waals surface area contributed by atoms with Crippen LogP contribution in [-0.4, -0.2) is 16.1 Å². The number of para-hydroxylation sites is 1. The molecule has 0 N–H and O–H groups in total. The predicted octanol–water partition coefficient (Wildman–Crippen LogP) is 3.86. The van der Waals surface area contributed by atoms with Gasteiger partial charge < -0.3 is 4.57 Å². The molecule has 0 spiro atoms. The van der Waals surface area contributed by atoms with Gasteiger partial charge in [0.15, 0.2) is 5.78 Å². The van der Waals surface area contributed by atoms with Crippen molar-refractivity contribution in [3.05, 3.63) is 42.1 Å². The summed E-state index contributed by atoms with van der Waals surface area (Å²) in [5, 5.41) is 1.20. The van der Waals surface area contributed by atoms with Crippen LogP contribution in [0, 0.1) is 0 Å². The number of hydrogen-bond donors (Lipinski definition) is 0. The average Bonchev–Trinajstić information content (AvgIpc) is 2.67. The highest BCUT2D eigenvalue weighted by molar-refractivity contribution is 8.08. The number of aryl methyl sites for hydroxylation is 1. The fraction of sp³-hybridized carbons (Fsp3) is 0.267. The number of ketones is 1. The van der Waals surface area contributed by atoms with E-state index in [4.69, 9.17) is 0 Å². The molecule has 0 bridgehead atoms. The highest BCUT2D eigenvalue weighted by Gasteiger charge is 2.11. The maximum atomic E-state index is 11.3. The van der Waals surface area contributed by atoms with E-state index in [9.17, 15) is 4.79 Å². The molecule has 0 atom stereocenters. The van der Waals surface area contributed by atoms with Crippen molar-refractivity contribution < 1.29 is 4.79 Å². The predicted molar refractivity (Wildman–Crippen MR) is 79.7 cm³/mol. The van der Waals surface area contributed by atoms with Gasteiger partial charge in [0, 0.05) is 34.6 Å². The Bertz CT molecular complexity index is 610. The van der Waals surface area contributed by atoms with Gasteiger partial charge in [-0.3, -0.25) is 4.79 Å². The highest BCUT2D eigenvalue weighted by atomic mass is 32.2. The number of benzene rings is 1. The maximum absolute atomic E-state index is 11.3. The normalized spacial score (nSPS) is 12.1. The number of allylic oxidation sites excluding steroid dienone is 1. The molecule has 0 aliphatic carbocycles. The molecule has 0 radical (unpaired) electrons. The van der Waals surface area contributed by atoms with Gasteiger partial charge in [-0.15, -0.1) is 11.8 Å². The zero-order valence-electron chi connectivity index (χ0n) is 10.9. The van der Waals surface area contributed by atoms with Crippen molar-refractivity contribution in [1.29, 1.82) is 0 Å². The lowest BCUT2D eigenvalue weighted by Gasteiger charge is -2.03. The Morgan fingerprint density at radius 2 is 2.11 bits per heavy atom. The van der Waals surface area contributed by atoms with E-state index in [2.05, 4.69) is 29.8 Å². The second-order valence-corrected chi connectivity index (χ2v) is 5.53. The fourth-order valence-corrected chi connectivity index (χ4v) is 2.95. The number of carbonyl (C=O) groups excluding carboxylic acids is 1. The van der Waals surface area contributed by atoms with Crippen LogP contribution in [-0.2, 0) is 11.8 Å². The van der Waals surface area contributed by atoms with Crippen LogP contribution in [0.4, 0.5) is 0 Å². The molecular weight excluding hydrogens is 242 g/mol. The Morgan fingerprint density at radius 3 is 2.78 bits per heavy atom. The first kappa shape index (κ1) is 13.0. The summed E-state index contributed by atoms with van der Waals surface area (Å²) in [6.45, 7) is 3.70. The van der Waals surface area contributed by atoms with E-state index in [1.54, 1.807) is 24.8 Å². The molecule has 0 saturated heterocycles. The molecule has 2 nitrogen and oxygen atoms in total. The standard InChI is InChI=1S/C15H17NOS/c1-4-18-15(9-11(2)17)13-10-16(3)14-8-6-5-7-12(13)14/h5-10H,4H2,1-3H3/b15-9-. The van der Waals surface area contributed by atoms with Gasteiger partial charge in [-0.1, -0.05) is 25.1 Å². The van der Waals surface area contributed by atoms with Crippen molar-refractivity contribution in [1.82, 2.24) is 4.57 Å². The van der Waals surface area contributed by atoms with E-state index in [0.717, 1.165) is 16.2 Å². The van der Waals surface area contributed by atoms with Gasteiger partial charge >= 0.3 is 0 Å². The third-order valence-corrected chi connectivity index (χ3v) is 3.73. The molecule has 0 unspecified atom stereocenters. The molecule has 0 amide bonds. The molecule has 1 aromatic heterocycles. The molecular formula is C15H17NOS. The Morgan fingerprint density at radius 1 is 1.39 bits per heavy atom. The first-order valence-electron chi connectivity index (χ1n) is 6.03. The second kappa shape index (κ2) is 5.44. The summed E-state index contributed by atoms with van der Waals surface area (Å²) in [5.74, 6) is 1.06. The Balaban J connectivity index is 2.61. The summed E-state index contributed by atoms with van der Waals surface area (Å²) in [6, 6.07) is 8.27. The molecule has 94 valence electrons. The van der Waals surface area contributed by atoms with Gasteiger partial charge in [-0.05, 0) is 24.8 Å². The summed E-state index contributed by atoms with van der Waals surface area (Å²) < 4.78 is 2.11. The molecule has 1 heterocycles. The minimum absolute atomic E-state index is 0.0962. The van der Waals surface area contributed by atoms with Crippen LogP contribution in [0.3, 0.4) is 0 Å². The van der Waals surface area contributed by atoms with Crippen molar-refractivity contribution in [3.8, 4) is 0 Å². The zero-order valence-corrected chi connectivity index (χ0v) is 11.8. The number of nitrogens with zero attached hydrogens (tertiary/aromatic N) is 1. The average molecular weight is 259 g/mol. The summed E-state index contributed by atoms with van der Waals surface area (Å²) in [5.41, 5.74) is 2.34. The van der Waals surface area contributed by atoms with Crippen molar-refractivity contribution in [2.45, 2.75) is 13.8 Å². The lowest BCUT2D eigenvalue weighted by atomic mass is 10.1. The van der Waals surface area contributed by atoms with Crippen LogP contribution >= 0.6 is 11.8 Å². The first-order chi connectivity index (χ1) is 8.63. The van der Waals surface area contributed by atoms with Gasteiger partial charge in [0.05, 0.1) is 0 Å². The summed E-state index contributed by atoms with van der Waals surface area (Å²) in [4.78, 5) is 12.4. The smallest absolute Gasteiger partial charge is 0.153 e. The third kappa shape index (κ3) is 2.51. The van der Waals surface area contributed by atoms with Crippen molar-refractivity contribution >= 4 is 33.4 Å². The minimum Gasteiger partial charge on any atom is -0.350 e. The topological polar surface area (TPSA) is 22.0 Å². The lowest BCUT2D eigenvalue weighted by molar-refractivity contribution is -0.112. The van der Waals surface area contributed by atoms with Crippen LogP contribution in [0.25, 0.3) is 15.8 Å². The van der Waals surface area contributed by atoms with Gasteiger partial charge in [0.1, 0.15) is 0 Å². The fourth-order valence-electron chi connectivity index (χ4n) is 2.08. The van der Waals surface area contributed by atoms with Gasteiger partial charge in [-0.2, -0.15) is 0 Å². The summed E-state index contributed by atoms with van der Waals surface area (Å²) >= 11 is 1.71. The van der Waals surface area contributed by atoms with Crippen LogP contribution in [0.1, 0.15) is 19.4 Å². The largest absolute Gasteiger partial charge is 0.350 e. The van der Waals surface area contributed by atoms with E-state index < -0.39 is 0 Å².